The topological polar surface area (TPSA) is 89.6 Å². The first-order valence-corrected chi connectivity index (χ1v) is 10.0. The van der Waals surface area contributed by atoms with E-state index in [0.717, 1.165) is 4.90 Å². The van der Waals surface area contributed by atoms with Gasteiger partial charge in [-0.15, -0.1) is 11.8 Å². The maximum absolute atomic E-state index is 12.3. The number of halogens is 1. The Morgan fingerprint density at radius 3 is 2.72 bits per heavy atom. The van der Waals surface area contributed by atoms with Gasteiger partial charge in [0.15, 0.2) is 5.76 Å². The van der Waals surface area contributed by atoms with Gasteiger partial charge in [-0.1, -0.05) is 17.7 Å². The van der Waals surface area contributed by atoms with Crippen LogP contribution in [-0.4, -0.2) is 23.2 Å². The highest BCUT2D eigenvalue weighted by atomic mass is 35.5. The molecule has 0 amide bonds. The average molecular weight is 432 g/mol. The Labute approximate surface area is 176 Å². The minimum Gasteiger partial charge on any atom is -0.502 e. The fourth-order valence-corrected chi connectivity index (χ4v) is 3.65. The number of carbonyl (C=O) groups excluding carboxylic acids is 1. The fourth-order valence-electron chi connectivity index (χ4n) is 2.74. The maximum atomic E-state index is 12.3. The van der Waals surface area contributed by atoms with Gasteiger partial charge in [-0.25, -0.2) is 0 Å². The van der Waals surface area contributed by atoms with Crippen molar-refractivity contribution >= 4 is 29.3 Å². The van der Waals surface area contributed by atoms with Crippen LogP contribution in [0, 0.1) is 0 Å². The zero-order valence-corrected chi connectivity index (χ0v) is 17.1. The van der Waals surface area contributed by atoms with Crippen molar-refractivity contribution in [2.24, 2.45) is 0 Å². The van der Waals surface area contributed by atoms with E-state index in [0.29, 0.717) is 22.1 Å². The van der Waals surface area contributed by atoms with Crippen LogP contribution in [0.1, 0.15) is 29.4 Å². The Bertz CT molecular complexity index is 1040. The van der Waals surface area contributed by atoms with Gasteiger partial charge in [0.05, 0.1) is 25.2 Å². The lowest BCUT2D eigenvalue weighted by molar-refractivity contribution is -0.140. The highest BCUT2D eigenvalue weighted by Gasteiger charge is 2.26. The van der Waals surface area contributed by atoms with Crippen LogP contribution in [0.4, 0.5) is 0 Å². The van der Waals surface area contributed by atoms with Gasteiger partial charge in [0, 0.05) is 28.4 Å². The second-order valence-electron chi connectivity index (χ2n) is 6.15. The Kier molecular flexibility index (Phi) is 6.95. The van der Waals surface area contributed by atoms with Gasteiger partial charge < -0.3 is 14.3 Å². The summed E-state index contributed by atoms with van der Waals surface area (Å²) in [7, 11) is 1.28. The maximum Gasteiger partial charge on any atom is 0.306 e. The molecule has 2 aromatic heterocycles. The van der Waals surface area contributed by atoms with E-state index in [1.54, 1.807) is 36.7 Å². The van der Waals surface area contributed by atoms with E-state index >= 15 is 0 Å². The number of ether oxygens (including phenoxy) is 1. The summed E-state index contributed by atoms with van der Waals surface area (Å²) in [5.41, 5.74) is 0.0515. The normalized spacial score (nSPS) is 11.8. The third-order valence-corrected chi connectivity index (χ3v) is 5.48. The molecule has 0 unspecified atom stereocenters. The summed E-state index contributed by atoms with van der Waals surface area (Å²) in [6.45, 7) is 0. The molecule has 0 saturated heterocycles. The van der Waals surface area contributed by atoms with Crippen LogP contribution in [0.15, 0.2) is 69.0 Å². The van der Waals surface area contributed by atoms with Gasteiger partial charge in [-0.3, -0.25) is 14.6 Å². The highest BCUT2D eigenvalue weighted by Crippen LogP contribution is 2.34. The van der Waals surface area contributed by atoms with Crippen molar-refractivity contribution in [3.8, 4) is 5.75 Å². The Morgan fingerprint density at radius 2 is 2.07 bits per heavy atom. The number of benzene rings is 1. The van der Waals surface area contributed by atoms with Crippen LogP contribution in [0.3, 0.4) is 0 Å². The number of methoxy groups -OCH3 is 1. The molecule has 1 aromatic carbocycles. The average Bonchev–Trinajstić information content (AvgIpc) is 2.74. The minimum absolute atomic E-state index is 0.0163. The molecule has 0 aliphatic carbocycles. The highest BCUT2D eigenvalue weighted by molar-refractivity contribution is 7.98. The van der Waals surface area contributed by atoms with Crippen LogP contribution in [-0.2, 0) is 15.3 Å². The second kappa shape index (κ2) is 9.62. The number of nitrogens with zero attached hydrogens (tertiary/aromatic N) is 1. The van der Waals surface area contributed by atoms with Gasteiger partial charge >= 0.3 is 5.97 Å². The first kappa shape index (κ1) is 21.0. The zero-order chi connectivity index (χ0) is 20.8. The van der Waals surface area contributed by atoms with Gasteiger partial charge in [-0.05, 0) is 35.9 Å². The summed E-state index contributed by atoms with van der Waals surface area (Å²) in [5, 5.41) is 11.0. The standard InChI is InChI=1S/C21H18ClNO5S/c1-27-19(25)10-17(13-3-2-8-23-11-13)21-20(26)18(24)9-15(28-21)12-29-16-6-4-14(22)5-7-16/h2-9,11,17,26H,10,12H2,1H3/t17-/m1/s1. The van der Waals surface area contributed by atoms with E-state index in [1.807, 2.05) is 12.1 Å². The van der Waals surface area contributed by atoms with E-state index in [4.69, 9.17) is 20.8 Å². The van der Waals surface area contributed by atoms with Gasteiger partial charge in [0.2, 0.25) is 11.2 Å². The van der Waals surface area contributed by atoms with Gasteiger partial charge in [0.25, 0.3) is 0 Å². The van der Waals surface area contributed by atoms with E-state index in [9.17, 15) is 14.7 Å². The molecule has 0 bridgehead atoms. The van der Waals surface area contributed by atoms with Crippen molar-refractivity contribution in [3.63, 3.8) is 0 Å². The number of pyridine rings is 1. The van der Waals surface area contributed by atoms with Crippen LogP contribution in [0.25, 0.3) is 0 Å². The Hall–Kier alpha value is -2.77. The monoisotopic (exact) mass is 431 g/mol. The number of hydrogen-bond acceptors (Lipinski definition) is 7. The van der Waals surface area contributed by atoms with Crippen molar-refractivity contribution in [1.82, 2.24) is 4.98 Å². The summed E-state index contributed by atoms with van der Waals surface area (Å²) < 4.78 is 10.6. The molecule has 0 aliphatic rings. The molecule has 3 rings (SSSR count). The Balaban J connectivity index is 1.94. The van der Waals surface area contributed by atoms with Crippen LogP contribution < -0.4 is 5.43 Å². The number of aromatic hydroxyl groups is 1. The molecular weight excluding hydrogens is 414 g/mol. The molecule has 0 aliphatic heterocycles. The van der Waals surface area contributed by atoms with Crippen molar-refractivity contribution < 1.29 is 19.1 Å². The largest absolute Gasteiger partial charge is 0.502 e. The summed E-state index contributed by atoms with van der Waals surface area (Å²) in [6, 6.07) is 12.0. The zero-order valence-electron chi connectivity index (χ0n) is 15.5. The van der Waals surface area contributed by atoms with Crippen molar-refractivity contribution in [1.29, 1.82) is 0 Å². The predicted molar refractivity (Wildman–Crippen MR) is 110 cm³/mol. The predicted octanol–water partition coefficient (Wildman–Crippen LogP) is 4.38. The van der Waals surface area contributed by atoms with E-state index in [-0.39, 0.29) is 12.2 Å². The number of thioether (sulfide) groups is 1. The summed E-state index contributed by atoms with van der Waals surface area (Å²) in [4.78, 5) is 29.3. The SMILES string of the molecule is COC(=O)C[C@H](c1cccnc1)c1oc(CSc2ccc(Cl)cc2)cc(=O)c1O. The summed E-state index contributed by atoms with van der Waals surface area (Å²) in [5.74, 6) is -0.972. The lowest BCUT2D eigenvalue weighted by atomic mass is 9.93. The summed E-state index contributed by atoms with van der Waals surface area (Å²) >= 11 is 7.35. The van der Waals surface area contributed by atoms with Crippen LogP contribution in [0.5, 0.6) is 5.75 Å². The molecule has 0 radical (unpaired) electrons. The molecular formula is C21H18ClNO5S. The quantitative estimate of drug-likeness (QED) is 0.438. The van der Waals surface area contributed by atoms with E-state index in [2.05, 4.69) is 4.98 Å². The third-order valence-electron chi connectivity index (χ3n) is 4.20. The molecule has 0 spiro atoms. The number of aromatic nitrogens is 1. The van der Waals surface area contributed by atoms with E-state index in [1.165, 1.54) is 24.9 Å². The molecule has 0 fully saturated rings. The number of carbonyl (C=O) groups is 1. The molecule has 2 heterocycles. The molecule has 150 valence electrons. The first-order chi connectivity index (χ1) is 14.0. The van der Waals surface area contributed by atoms with Crippen LogP contribution in [0.2, 0.25) is 5.02 Å². The molecule has 29 heavy (non-hydrogen) atoms. The minimum atomic E-state index is -0.704. The number of rotatable bonds is 7. The van der Waals surface area contributed by atoms with Gasteiger partial charge in [0.1, 0.15) is 5.76 Å². The van der Waals surface area contributed by atoms with Crippen molar-refractivity contribution in [3.05, 3.63) is 87.2 Å². The first-order valence-electron chi connectivity index (χ1n) is 8.69. The fraction of sp³-hybridized carbons (Fsp3) is 0.190. The molecule has 1 N–H and O–H groups in total. The van der Waals surface area contributed by atoms with Crippen molar-refractivity contribution in [2.45, 2.75) is 23.0 Å². The summed E-state index contributed by atoms with van der Waals surface area (Å²) in [6.07, 6.45) is 3.04. The molecule has 0 saturated carbocycles. The molecule has 6 nitrogen and oxygen atoms in total. The molecule has 3 aromatic rings. The third kappa shape index (κ3) is 5.40. The van der Waals surface area contributed by atoms with Gasteiger partial charge in [-0.2, -0.15) is 0 Å². The molecule has 1 atom stereocenters. The lowest BCUT2D eigenvalue weighted by Gasteiger charge is -2.17. The smallest absolute Gasteiger partial charge is 0.306 e. The number of hydrogen-bond donors (Lipinski definition) is 1. The van der Waals surface area contributed by atoms with Crippen LogP contribution >= 0.6 is 23.4 Å². The number of esters is 1. The second-order valence-corrected chi connectivity index (χ2v) is 7.64. The van der Waals surface area contributed by atoms with E-state index < -0.39 is 23.1 Å². The Morgan fingerprint density at radius 1 is 1.31 bits per heavy atom. The molecule has 8 heteroatoms. The van der Waals surface area contributed by atoms with Crippen molar-refractivity contribution in [2.75, 3.05) is 7.11 Å². The lowest BCUT2D eigenvalue weighted by Crippen LogP contribution is -2.14.